The van der Waals surface area contributed by atoms with Gasteiger partial charge in [-0.3, -0.25) is 4.79 Å². The smallest absolute Gasteiger partial charge is 0.480 e. The maximum atomic E-state index is 13.2. The molecule has 12 heteroatoms. The minimum absolute atomic E-state index is 0.0328. The van der Waals surface area contributed by atoms with E-state index in [1.807, 2.05) is 0 Å². The fourth-order valence-electron chi connectivity index (χ4n) is 4.17. The molecular weight excluding hydrogens is 467 g/mol. The lowest BCUT2D eigenvalue weighted by Crippen LogP contribution is -2.55. The van der Waals surface area contributed by atoms with E-state index in [0.717, 1.165) is 16.4 Å². The number of rotatable bonds is 6. The topological polar surface area (TPSA) is 102 Å². The average Bonchev–Trinajstić information content (AvgIpc) is 3.22. The van der Waals surface area contributed by atoms with Gasteiger partial charge in [0.2, 0.25) is 10.0 Å². The fourth-order valence-corrected chi connectivity index (χ4v) is 5.81. The molecule has 2 saturated heterocycles. The molecule has 0 spiro atoms. The molecule has 3 atom stereocenters. The van der Waals surface area contributed by atoms with Crippen molar-refractivity contribution in [1.29, 1.82) is 0 Å². The number of carboxylic acid groups (broad SMARTS) is 1. The van der Waals surface area contributed by atoms with Gasteiger partial charge in [-0.2, -0.15) is 4.31 Å². The van der Waals surface area contributed by atoms with Gasteiger partial charge in [0, 0.05) is 19.1 Å². The summed E-state index contributed by atoms with van der Waals surface area (Å²) in [6, 6.07) is 8.87. The molecule has 178 valence electrons. The molecule has 1 N–H and O–H groups in total. The van der Waals surface area contributed by atoms with E-state index in [1.165, 1.54) is 36.4 Å². The zero-order valence-electron chi connectivity index (χ0n) is 17.1. The highest BCUT2D eigenvalue weighted by molar-refractivity contribution is 7.89. The molecular formula is C21H20F3NO7S. The number of carbonyl (C=O) groups is 1. The molecule has 2 aromatic carbocycles. The number of hydrogen-bond donors (Lipinski definition) is 1. The maximum absolute atomic E-state index is 13.2. The summed E-state index contributed by atoms with van der Waals surface area (Å²) in [4.78, 5) is 11.8. The molecule has 8 nitrogen and oxygen atoms in total. The van der Waals surface area contributed by atoms with Crippen LogP contribution in [0, 0.1) is 5.92 Å². The molecule has 2 fully saturated rings. The number of piperidine rings is 1. The molecule has 2 aromatic rings. The summed E-state index contributed by atoms with van der Waals surface area (Å²) in [6.07, 6.45) is -4.17. The van der Waals surface area contributed by atoms with Crippen LogP contribution in [0.4, 0.5) is 13.2 Å². The van der Waals surface area contributed by atoms with Crippen molar-refractivity contribution in [1.82, 2.24) is 4.31 Å². The zero-order valence-corrected chi connectivity index (χ0v) is 17.9. The molecule has 2 heterocycles. The fraction of sp³-hybridized carbons (Fsp3) is 0.381. The van der Waals surface area contributed by atoms with Crippen LogP contribution in [0.5, 0.6) is 17.2 Å². The Bertz CT molecular complexity index is 1100. The second kappa shape index (κ2) is 8.84. The lowest BCUT2D eigenvalue weighted by atomic mass is 9.88. The lowest BCUT2D eigenvalue weighted by molar-refractivity contribution is -0.274. The van der Waals surface area contributed by atoms with E-state index < -0.39 is 40.1 Å². The number of nitrogens with zero attached hydrogens (tertiary/aromatic N) is 1. The van der Waals surface area contributed by atoms with Crippen molar-refractivity contribution in [3.8, 4) is 17.2 Å². The number of ether oxygens (including phenoxy) is 3. The van der Waals surface area contributed by atoms with Crippen molar-refractivity contribution < 1.29 is 45.7 Å². The van der Waals surface area contributed by atoms with Gasteiger partial charge in [0.25, 0.3) is 0 Å². The molecule has 2 aliphatic rings. The van der Waals surface area contributed by atoms with Crippen LogP contribution in [0.15, 0.2) is 53.4 Å². The van der Waals surface area contributed by atoms with E-state index in [2.05, 4.69) is 4.74 Å². The van der Waals surface area contributed by atoms with Gasteiger partial charge in [0.1, 0.15) is 23.3 Å². The van der Waals surface area contributed by atoms with E-state index in [1.54, 1.807) is 0 Å². The highest BCUT2D eigenvalue weighted by atomic mass is 32.2. The molecule has 3 unspecified atom stereocenters. The Labute approximate surface area is 187 Å². The van der Waals surface area contributed by atoms with Gasteiger partial charge >= 0.3 is 12.3 Å². The Morgan fingerprint density at radius 2 is 1.58 bits per heavy atom. The van der Waals surface area contributed by atoms with Gasteiger partial charge in [-0.15, -0.1) is 13.2 Å². The van der Waals surface area contributed by atoms with E-state index in [0.29, 0.717) is 19.4 Å². The van der Waals surface area contributed by atoms with Gasteiger partial charge in [-0.1, -0.05) is 0 Å². The third-order valence-corrected chi connectivity index (χ3v) is 7.48. The van der Waals surface area contributed by atoms with Crippen LogP contribution >= 0.6 is 0 Å². The van der Waals surface area contributed by atoms with Crippen LogP contribution in [0.2, 0.25) is 0 Å². The quantitative estimate of drug-likeness (QED) is 0.664. The van der Waals surface area contributed by atoms with Crippen LogP contribution in [-0.2, 0) is 19.6 Å². The second-order valence-electron chi connectivity index (χ2n) is 7.64. The number of alkyl halides is 3. The summed E-state index contributed by atoms with van der Waals surface area (Å²) < 4.78 is 79.0. The molecule has 0 bridgehead atoms. The molecule has 33 heavy (non-hydrogen) atoms. The molecule has 0 saturated carbocycles. The van der Waals surface area contributed by atoms with Gasteiger partial charge in [0.05, 0.1) is 11.0 Å². The Morgan fingerprint density at radius 3 is 2.15 bits per heavy atom. The summed E-state index contributed by atoms with van der Waals surface area (Å²) in [5, 5.41) is 9.70. The number of hydrogen-bond acceptors (Lipinski definition) is 6. The predicted molar refractivity (Wildman–Crippen MR) is 107 cm³/mol. The first-order chi connectivity index (χ1) is 15.5. The number of carboxylic acids is 1. The summed E-state index contributed by atoms with van der Waals surface area (Å²) >= 11 is 0. The summed E-state index contributed by atoms with van der Waals surface area (Å²) in [5.41, 5.74) is 0. The molecule has 4 rings (SSSR count). The van der Waals surface area contributed by atoms with Crippen molar-refractivity contribution >= 4 is 16.0 Å². The number of halogens is 3. The Hall–Kier alpha value is -2.83. The third-order valence-electron chi connectivity index (χ3n) is 5.59. The zero-order chi connectivity index (χ0) is 23.8. The maximum Gasteiger partial charge on any atom is 0.573 e. The highest BCUT2D eigenvalue weighted by Crippen LogP contribution is 2.37. The van der Waals surface area contributed by atoms with Gasteiger partial charge < -0.3 is 19.3 Å². The van der Waals surface area contributed by atoms with Crippen molar-refractivity contribution in [2.45, 2.75) is 36.2 Å². The van der Waals surface area contributed by atoms with Crippen molar-refractivity contribution in [3.63, 3.8) is 0 Å². The number of sulfonamides is 1. The molecule has 0 radical (unpaired) electrons. The molecule has 0 amide bonds. The number of benzene rings is 2. The predicted octanol–water partition coefficient (Wildman–Crippen LogP) is 3.63. The Kier molecular flexibility index (Phi) is 6.25. The van der Waals surface area contributed by atoms with Crippen LogP contribution in [0.25, 0.3) is 0 Å². The van der Waals surface area contributed by atoms with Gasteiger partial charge in [0.15, 0.2) is 0 Å². The first-order valence-electron chi connectivity index (χ1n) is 10.0. The van der Waals surface area contributed by atoms with Crippen LogP contribution in [0.3, 0.4) is 0 Å². The standard InChI is InChI=1S/C21H20F3NO7S/c22-21(23,24)32-15-3-1-13(2-4-15)31-14-5-7-16(8-6-14)33(28,29)25-11-9-18-17(10-12-30-18)19(25)20(26)27/h1-8,17-19H,9-12H2,(H,26,27). The van der Waals surface area contributed by atoms with E-state index in [-0.39, 0.29) is 29.0 Å². The highest BCUT2D eigenvalue weighted by Gasteiger charge is 2.49. The molecule has 0 aromatic heterocycles. The average molecular weight is 487 g/mol. The summed E-state index contributed by atoms with van der Waals surface area (Å²) in [7, 11) is -4.09. The van der Waals surface area contributed by atoms with Crippen molar-refractivity contribution in [2.75, 3.05) is 13.2 Å². The SMILES string of the molecule is O=C(O)C1C2CCOC2CCN1S(=O)(=O)c1ccc(Oc2ccc(OC(F)(F)F)cc2)cc1. The first kappa shape index (κ1) is 23.3. The monoisotopic (exact) mass is 487 g/mol. The molecule has 0 aliphatic carbocycles. The minimum atomic E-state index is -4.80. The Morgan fingerprint density at radius 1 is 1.00 bits per heavy atom. The summed E-state index contributed by atoms with van der Waals surface area (Å²) in [5.74, 6) is -1.55. The van der Waals surface area contributed by atoms with E-state index in [9.17, 15) is 31.5 Å². The van der Waals surface area contributed by atoms with E-state index in [4.69, 9.17) is 9.47 Å². The van der Waals surface area contributed by atoms with E-state index >= 15 is 0 Å². The first-order valence-corrected chi connectivity index (χ1v) is 11.5. The van der Waals surface area contributed by atoms with Crippen molar-refractivity contribution in [3.05, 3.63) is 48.5 Å². The van der Waals surface area contributed by atoms with Crippen LogP contribution in [0.1, 0.15) is 12.8 Å². The summed E-state index contributed by atoms with van der Waals surface area (Å²) in [6.45, 7) is 0.438. The Balaban J connectivity index is 1.48. The molecule has 2 aliphatic heterocycles. The van der Waals surface area contributed by atoms with Crippen LogP contribution in [-0.4, -0.2) is 55.5 Å². The normalized spacial score (nSPS) is 23.7. The number of fused-ring (bicyclic) bond motifs is 1. The number of aliphatic carboxylic acids is 1. The lowest BCUT2D eigenvalue weighted by Gasteiger charge is -2.38. The second-order valence-corrected chi connectivity index (χ2v) is 9.53. The third kappa shape index (κ3) is 5.07. The van der Waals surface area contributed by atoms with Crippen molar-refractivity contribution in [2.24, 2.45) is 5.92 Å². The van der Waals surface area contributed by atoms with Gasteiger partial charge in [-0.05, 0) is 61.4 Å². The largest absolute Gasteiger partial charge is 0.573 e. The van der Waals surface area contributed by atoms with Gasteiger partial charge in [-0.25, -0.2) is 8.42 Å². The van der Waals surface area contributed by atoms with Crippen LogP contribution < -0.4 is 9.47 Å². The minimum Gasteiger partial charge on any atom is -0.480 e.